The predicted molar refractivity (Wildman–Crippen MR) is 114 cm³/mol. The van der Waals surface area contributed by atoms with Gasteiger partial charge in [-0.1, -0.05) is 19.9 Å². The zero-order valence-electron chi connectivity index (χ0n) is 17.0. The fraction of sp³-hybridized carbons (Fsp3) is 0.333. The molecule has 150 valence electrons. The van der Waals surface area contributed by atoms with Crippen LogP contribution in [0.3, 0.4) is 0 Å². The van der Waals surface area contributed by atoms with E-state index in [1.807, 2.05) is 38.9 Å². The number of hydrogen-bond acceptors (Lipinski definition) is 4. The molecule has 28 heavy (non-hydrogen) atoms. The van der Waals surface area contributed by atoms with E-state index in [1.165, 1.54) is 0 Å². The monoisotopic (exact) mass is 384 g/mol. The normalized spacial score (nSPS) is 10.4. The van der Waals surface area contributed by atoms with Gasteiger partial charge in [0.05, 0.1) is 12.7 Å². The first kappa shape index (κ1) is 21.1. The van der Waals surface area contributed by atoms with Gasteiger partial charge in [-0.25, -0.2) is 4.79 Å². The van der Waals surface area contributed by atoms with E-state index < -0.39 is 6.03 Å². The number of nitrogens with zero attached hydrogens (tertiary/aromatic N) is 1. The second-order valence-electron chi connectivity index (χ2n) is 7.04. The molecule has 0 atom stereocenters. The highest BCUT2D eigenvalue weighted by Crippen LogP contribution is 2.23. The number of ether oxygens (including phenoxy) is 1. The van der Waals surface area contributed by atoms with Gasteiger partial charge in [-0.15, -0.1) is 0 Å². The maximum Gasteiger partial charge on any atom is 0.323 e. The molecule has 3 N–H and O–H groups in total. The van der Waals surface area contributed by atoms with Crippen molar-refractivity contribution in [3.8, 4) is 5.75 Å². The van der Waals surface area contributed by atoms with Crippen molar-refractivity contribution in [1.29, 1.82) is 0 Å². The van der Waals surface area contributed by atoms with Crippen molar-refractivity contribution in [1.82, 2.24) is 5.32 Å². The fourth-order valence-corrected chi connectivity index (χ4v) is 2.57. The van der Waals surface area contributed by atoms with Gasteiger partial charge in [-0.3, -0.25) is 4.79 Å². The van der Waals surface area contributed by atoms with E-state index in [4.69, 9.17) is 4.74 Å². The van der Waals surface area contributed by atoms with Crippen LogP contribution in [-0.2, 0) is 0 Å². The van der Waals surface area contributed by atoms with Crippen LogP contribution >= 0.6 is 0 Å². The SMILES string of the molecule is COc1cccc(NC(=O)Nc2ccc(N(C)C)c(C(=O)NCC(C)C)c2)c1. The second kappa shape index (κ2) is 9.64. The maximum atomic E-state index is 12.6. The highest BCUT2D eigenvalue weighted by molar-refractivity contribution is 6.04. The van der Waals surface area contributed by atoms with Crippen molar-refractivity contribution in [2.45, 2.75) is 13.8 Å². The lowest BCUT2D eigenvalue weighted by Gasteiger charge is -2.19. The Labute approximate surface area is 166 Å². The van der Waals surface area contributed by atoms with Gasteiger partial charge in [0.25, 0.3) is 5.91 Å². The Morgan fingerprint density at radius 1 is 1.04 bits per heavy atom. The zero-order chi connectivity index (χ0) is 20.7. The van der Waals surface area contributed by atoms with Crippen molar-refractivity contribution in [3.05, 3.63) is 48.0 Å². The molecule has 0 aromatic heterocycles. The molecule has 0 bridgehead atoms. The van der Waals surface area contributed by atoms with Crippen LogP contribution in [0.1, 0.15) is 24.2 Å². The smallest absolute Gasteiger partial charge is 0.323 e. The number of anilines is 3. The van der Waals surface area contributed by atoms with Crippen LogP contribution in [0.5, 0.6) is 5.75 Å². The largest absolute Gasteiger partial charge is 0.497 e. The standard InChI is InChI=1S/C21H28N4O3/c1-14(2)13-22-20(26)18-12-16(9-10-19(18)25(3)4)24-21(27)23-15-7-6-8-17(11-15)28-5/h6-12,14H,13H2,1-5H3,(H,22,26)(H2,23,24,27). The second-order valence-corrected chi connectivity index (χ2v) is 7.04. The van der Waals surface area contributed by atoms with E-state index in [1.54, 1.807) is 43.5 Å². The molecule has 2 rings (SSSR count). The van der Waals surface area contributed by atoms with Crippen molar-refractivity contribution in [2.75, 3.05) is 43.3 Å². The number of rotatable bonds is 7. The first-order valence-corrected chi connectivity index (χ1v) is 9.11. The molecule has 0 radical (unpaired) electrons. The number of carbonyl (C=O) groups is 2. The molecule has 0 aliphatic carbocycles. The number of amides is 3. The summed E-state index contributed by atoms with van der Waals surface area (Å²) in [5.74, 6) is 0.827. The summed E-state index contributed by atoms with van der Waals surface area (Å²) < 4.78 is 5.15. The highest BCUT2D eigenvalue weighted by Gasteiger charge is 2.15. The predicted octanol–water partition coefficient (Wildman–Crippen LogP) is 3.79. The van der Waals surface area contributed by atoms with E-state index in [9.17, 15) is 9.59 Å². The van der Waals surface area contributed by atoms with Crippen molar-refractivity contribution in [2.24, 2.45) is 5.92 Å². The quantitative estimate of drug-likeness (QED) is 0.678. The minimum atomic E-state index is -0.403. The first-order valence-electron chi connectivity index (χ1n) is 9.11. The molecule has 0 unspecified atom stereocenters. The molecule has 2 aromatic rings. The molecule has 3 amide bonds. The van der Waals surface area contributed by atoms with Crippen molar-refractivity contribution >= 4 is 29.0 Å². The van der Waals surface area contributed by atoms with E-state index in [-0.39, 0.29) is 5.91 Å². The summed E-state index contributed by atoms with van der Waals surface area (Å²) in [5.41, 5.74) is 2.42. The van der Waals surface area contributed by atoms with Gasteiger partial charge in [-0.2, -0.15) is 0 Å². The van der Waals surface area contributed by atoms with Crippen molar-refractivity contribution < 1.29 is 14.3 Å². The first-order chi connectivity index (χ1) is 13.3. The van der Waals surface area contributed by atoms with Crippen LogP contribution < -0.4 is 25.6 Å². The molecule has 7 nitrogen and oxygen atoms in total. The summed E-state index contributed by atoms with van der Waals surface area (Å²) in [6, 6.07) is 11.9. The van der Waals surface area contributed by atoms with E-state index >= 15 is 0 Å². The Bertz CT molecular complexity index is 834. The van der Waals surface area contributed by atoms with Gasteiger partial charge in [0.2, 0.25) is 0 Å². The van der Waals surface area contributed by atoms with Crippen LogP contribution in [0.2, 0.25) is 0 Å². The average Bonchev–Trinajstić information content (AvgIpc) is 2.65. The third-order valence-electron chi connectivity index (χ3n) is 3.98. The number of carbonyl (C=O) groups excluding carboxylic acids is 2. The molecular weight excluding hydrogens is 356 g/mol. The maximum absolute atomic E-state index is 12.6. The lowest BCUT2D eigenvalue weighted by Crippen LogP contribution is -2.29. The molecule has 0 saturated heterocycles. The Morgan fingerprint density at radius 3 is 2.32 bits per heavy atom. The van der Waals surface area contributed by atoms with Gasteiger partial charge in [0.15, 0.2) is 0 Å². The van der Waals surface area contributed by atoms with E-state index in [0.717, 1.165) is 5.69 Å². The third kappa shape index (κ3) is 5.90. The topological polar surface area (TPSA) is 82.7 Å². The summed E-state index contributed by atoms with van der Waals surface area (Å²) >= 11 is 0. The van der Waals surface area contributed by atoms with Gasteiger partial charge < -0.3 is 25.6 Å². The Morgan fingerprint density at radius 2 is 1.71 bits per heavy atom. The fourth-order valence-electron chi connectivity index (χ4n) is 2.57. The minimum absolute atomic E-state index is 0.172. The Balaban J connectivity index is 2.15. The Hall–Kier alpha value is -3.22. The summed E-state index contributed by atoms with van der Waals surface area (Å²) in [6.45, 7) is 4.65. The molecule has 0 heterocycles. The minimum Gasteiger partial charge on any atom is -0.497 e. The van der Waals surface area contributed by atoms with E-state index in [0.29, 0.717) is 35.2 Å². The summed E-state index contributed by atoms with van der Waals surface area (Å²) in [6.07, 6.45) is 0. The number of hydrogen-bond donors (Lipinski definition) is 3. The van der Waals surface area contributed by atoms with Crippen LogP contribution in [0.15, 0.2) is 42.5 Å². The van der Waals surface area contributed by atoms with Crippen LogP contribution in [0.25, 0.3) is 0 Å². The van der Waals surface area contributed by atoms with Crippen LogP contribution in [0, 0.1) is 5.92 Å². The molecule has 0 aliphatic rings. The summed E-state index contributed by atoms with van der Waals surface area (Å²) in [7, 11) is 5.31. The van der Waals surface area contributed by atoms with E-state index in [2.05, 4.69) is 16.0 Å². The summed E-state index contributed by atoms with van der Waals surface area (Å²) in [5, 5.41) is 8.43. The number of nitrogens with one attached hydrogen (secondary N) is 3. The number of methoxy groups -OCH3 is 1. The van der Waals surface area contributed by atoms with Gasteiger partial charge >= 0.3 is 6.03 Å². The molecule has 7 heteroatoms. The van der Waals surface area contributed by atoms with Gasteiger partial charge in [0.1, 0.15) is 5.75 Å². The van der Waals surface area contributed by atoms with Crippen LogP contribution in [-0.4, -0.2) is 39.7 Å². The highest BCUT2D eigenvalue weighted by atomic mass is 16.5. The molecule has 0 spiro atoms. The number of urea groups is 1. The average molecular weight is 384 g/mol. The molecule has 0 fully saturated rings. The molecule has 2 aromatic carbocycles. The molecular formula is C21H28N4O3. The number of benzene rings is 2. The molecule has 0 aliphatic heterocycles. The molecule has 0 saturated carbocycles. The zero-order valence-corrected chi connectivity index (χ0v) is 17.0. The van der Waals surface area contributed by atoms with Crippen LogP contribution in [0.4, 0.5) is 21.9 Å². The third-order valence-corrected chi connectivity index (χ3v) is 3.98. The van der Waals surface area contributed by atoms with Gasteiger partial charge in [-0.05, 0) is 36.2 Å². The lowest BCUT2D eigenvalue weighted by molar-refractivity contribution is 0.0949. The Kier molecular flexibility index (Phi) is 7.26. The van der Waals surface area contributed by atoms with Crippen molar-refractivity contribution in [3.63, 3.8) is 0 Å². The summed E-state index contributed by atoms with van der Waals surface area (Å²) in [4.78, 5) is 26.8. The lowest BCUT2D eigenvalue weighted by atomic mass is 10.1. The van der Waals surface area contributed by atoms with Gasteiger partial charge in [0, 0.05) is 43.8 Å².